The number of benzene rings is 6. The predicted octanol–water partition coefficient (Wildman–Crippen LogP) is 8.95. The minimum atomic E-state index is -3.30. The Hall–Kier alpha value is -4.01. The summed E-state index contributed by atoms with van der Waals surface area (Å²) in [5, 5.41) is 6.54. The number of hydrogen-bond donors (Lipinski definition) is 0. The Labute approximate surface area is 254 Å². The molecule has 214 valence electrons. The lowest BCUT2D eigenvalue weighted by Crippen LogP contribution is -2.41. The van der Waals surface area contributed by atoms with Gasteiger partial charge >= 0.3 is 0 Å². The first-order valence-corrected chi connectivity index (χ1v) is 16.8. The number of hydrogen-bond acceptors (Lipinski definition) is 3. The first-order chi connectivity index (χ1) is 21.0. The van der Waals surface area contributed by atoms with Gasteiger partial charge in [0.15, 0.2) is 0 Å². The standard InChI is InChI=1S/C39H36NO2P/c1-28(2)37(27-42-43(41,33-15-5-3-6-16-33)34-17-7-4-8-18-34)40-25-31-23-21-29-13-9-11-19-35(29)38(31)39-32(26-40)24-22-30-14-10-12-20-36(30)39/h3-24,28,37H,25-27H2,1-2H3/t37-/m1/s1. The van der Waals surface area contributed by atoms with Gasteiger partial charge in [-0.3, -0.25) is 9.46 Å². The SMILES string of the molecule is CC(C)[C@@H](COP(=O)(c1ccccc1)c1ccccc1)N1Cc2ccc3ccccc3c2-c2c(ccc3ccccc23)C1. The van der Waals surface area contributed by atoms with Crippen molar-refractivity contribution in [1.82, 2.24) is 4.90 Å². The zero-order valence-corrected chi connectivity index (χ0v) is 25.6. The number of rotatable bonds is 7. The second-order valence-corrected chi connectivity index (χ2v) is 14.3. The Morgan fingerprint density at radius 1 is 0.605 bits per heavy atom. The summed E-state index contributed by atoms with van der Waals surface area (Å²) in [5.74, 6) is 0.283. The third-order valence-corrected chi connectivity index (χ3v) is 11.4. The van der Waals surface area contributed by atoms with Crippen LogP contribution in [0.2, 0.25) is 0 Å². The summed E-state index contributed by atoms with van der Waals surface area (Å²) in [6, 6.07) is 46.0. The van der Waals surface area contributed by atoms with E-state index in [-0.39, 0.29) is 12.0 Å². The maximum atomic E-state index is 14.7. The molecule has 1 heterocycles. The van der Waals surface area contributed by atoms with Gasteiger partial charge in [-0.1, -0.05) is 123 Å². The first-order valence-electron chi connectivity index (χ1n) is 15.1. The van der Waals surface area contributed by atoms with E-state index < -0.39 is 7.37 Å². The minimum absolute atomic E-state index is 0.0532. The van der Waals surface area contributed by atoms with Crippen molar-refractivity contribution in [3.63, 3.8) is 0 Å². The van der Waals surface area contributed by atoms with Crippen LogP contribution in [0.15, 0.2) is 133 Å². The molecular weight excluding hydrogens is 545 g/mol. The quantitative estimate of drug-likeness (QED) is 0.176. The van der Waals surface area contributed by atoms with Crippen molar-refractivity contribution >= 4 is 39.5 Å². The average Bonchev–Trinajstić information content (AvgIpc) is 3.22. The van der Waals surface area contributed by atoms with Crippen molar-refractivity contribution in [1.29, 1.82) is 0 Å². The molecule has 0 saturated heterocycles. The lowest BCUT2D eigenvalue weighted by atomic mass is 9.88. The Morgan fingerprint density at radius 2 is 1.05 bits per heavy atom. The van der Waals surface area contributed by atoms with Gasteiger partial charge in [0.2, 0.25) is 0 Å². The largest absolute Gasteiger partial charge is 0.320 e. The molecule has 0 fully saturated rings. The van der Waals surface area contributed by atoms with Crippen molar-refractivity contribution in [3.8, 4) is 11.1 Å². The fourth-order valence-electron chi connectivity index (χ4n) is 6.66. The van der Waals surface area contributed by atoms with E-state index in [0.717, 1.165) is 23.7 Å². The molecule has 1 atom stereocenters. The van der Waals surface area contributed by atoms with Crippen LogP contribution >= 0.6 is 7.37 Å². The Bertz CT molecular complexity index is 1820. The van der Waals surface area contributed by atoms with E-state index in [2.05, 4.69) is 91.5 Å². The molecule has 0 N–H and O–H groups in total. The number of fused-ring (bicyclic) bond motifs is 7. The molecule has 0 bridgehead atoms. The molecule has 0 unspecified atom stereocenters. The van der Waals surface area contributed by atoms with E-state index in [0.29, 0.717) is 6.61 Å². The maximum Gasteiger partial charge on any atom is 0.261 e. The van der Waals surface area contributed by atoms with Crippen LogP contribution in [0.4, 0.5) is 0 Å². The van der Waals surface area contributed by atoms with Crippen LogP contribution in [0.3, 0.4) is 0 Å². The van der Waals surface area contributed by atoms with Gasteiger partial charge in [0.25, 0.3) is 7.37 Å². The summed E-state index contributed by atoms with van der Waals surface area (Å²) in [6.07, 6.45) is 0. The summed E-state index contributed by atoms with van der Waals surface area (Å²) in [7, 11) is -3.30. The van der Waals surface area contributed by atoms with E-state index >= 15 is 0 Å². The average molecular weight is 582 g/mol. The lowest BCUT2D eigenvalue weighted by Gasteiger charge is -2.35. The summed E-state index contributed by atoms with van der Waals surface area (Å²) in [6.45, 7) is 6.44. The summed E-state index contributed by atoms with van der Waals surface area (Å²) >= 11 is 0. The second-order valence-electron chi connectivity index (χ2n) is 11.9. The highest BCUT2D eigenvalue weighted by Gasteiger charge is 2.34. The van der Waals surface area contributed by atoms with Crippen molar-refractivity contribution in [2.45, 2.75) is 33.0 Å². The molecule has 6 aromatic rings. The van der Waals surface area contributed by atoms with Crippen LogP contribution in [0.1, 0.15) is 25.0 Å². The highest BCUT2D eigenvalue weighted by Crippen LogP contribution is 2.46. The normalized spacial score (nSPS) is 14.4. The second kappa shape index (κ2) is 11.6. The van der Waals surface area contributed by atoms with E-state index in [1.54, 1.807) is 0 Å². The van der Waals surface area contributed by atoms with Gasteiger partial charge in [0.05, 0.1) is 6.61 Å². The minimum Gasteiger partial charge on any atom is -0.320 e. The molecule has 0 radical (unpaired) electrons. The van der Waals surface area contributed by atoms with Gasteiger partial charge in [0.1, 0.15) is 0 Å². The van der Waals surface area contributed by atoms with Crippen LogP contribution in [-0.4, -0.2) is 17.5 Å². The molecule has 3 nitrogen and oxygen atoms in total. The van der Waals surface area contributed by atoms with Gasteiger partial charge in [0, 0.05) is 29.7 Å². The van der Waals surface area contributed by atoms with E-state index in [1.807, 2.05) is 60.7 Å². The zero-order chi connectivity index (χ0) is 29.4. The lowest BCUT2D eigenvalue weighted by molar-refractivity contribution is 0.0920. The van der Waals surface area contributed by atoms with Crippen LogP contribution in [0.25, 0.3) is 32.7 Å². The Morgan fingerprint density at radius 3 is 1.51 bits per heavy atom. The smallest absolute Gasteiger partial charge is 0.261 e. The summed E-state index contributed by atoms with van der Waals surface area (Å²) < 4.78 is 21.4. The Kier molecular flexibility index (Phi) is 7.49. The van der Waals surface area contributed by atoms with Crippen molar-refractivity contribution < 1.29 is 9.09 Å². The van der Waals surface area contributed by atoms with Gasteiger partial charge in [-0.05, 0) is 74.0 Å². The van der Waals surface area contributed by atoms with Gasteiger partial charge in [-0.15, -0.1) is 0 Å². The monoisotopic (exact) mass is 581 g/mol. The van der Waals surface area contributed by atoms with E-state index in [4.69, 9.17) is 4.52 Å². The van der Waals surface area contributed by atoms with Crippen LogP contribution in [0.5, 0.6) is 0 Å². The van der Waals surface area contributed by atoms with Crippen LogP contribution < -0.4 is 10.6 Å². The molecule has 6 aromatic carbocycles. The molecule has 1 aliphatic heterocycles. The summed E-state index contributed by atoms with van der Waals surface area (Å²) in [5.41, 5.74) is 5.28. The molecule has 0 saturated carbocycles. The third-order valence-electron chi connectivity index (χ3n) is 8.89. The molecule has 7 rings (SSSR count). The molecular formula is C39H36NO2P. The van der Waals surface area contributed by atoms with E-state index in [9.17, 15) is 4.57 Å². The molecule has 43 heavy (non-hydrogen) atoms. The molecule has 1 aliphatic rings. The molecule has 0 amide bonds. The van der Waals surface area contributed by atoms with Gasteiger partial charge in [-0.25, -0.2) is 0 Å². The van der Waals surface area contributed by atoms with Crippen LogP contribution in [-0.2, 0) is 22.2 Å². The number of nitrogens with zero attached hydrogens (tertiary/aromatic N) is 1. The third kappa shape index (κ3) is 5.12. The van der Waals surface area contributed by atoms with Gasteiger partial charge in [-0.2, -0.15) is 0 Å². The predicted molar refractivity (Wildman–Crippen MR) is 180 cm³/mol. The van der Waals surface area contributed by atoms with Crippen molar-refractivity contribution in [3.05, 3.63) is 145 Å². The highest BCUT2D eigenvalue weighted by atomic mass is 31.2. The molecule has 4 heteroatoms. The highest BCUT2D eigenvalue weighted by molar-refractivity contribution is 7.74. The zero-order valence-electron chi connectivity index (χ0n) is 24.7. The van der Waals surface area contributed by atoms with Crippen LogP contribution in [0, 0.1) is 5.92 Å². The van der Waals surface area contributed by atoms with Gasteiger partial charge < -0.3 is 4.52 Å². The summed E-state index contributed by atoms with van der Waals surface area (Å²) in [4.78, 5) is 2.54. The molecule has 0 aliphatic carbocycles. The molecule has 0 aromatic heterocycles. The van der Waals surface area contributed by atoms with Crippen molar-refractivity contribution in [2.24, 2.45) is 5.92 Å². The maximum absolute atomic E-state index is 14.7. The fourth-order valence-corrected chi connectivity index (χ4v) is 8.75. The van der Waals surface area contributed by atoms with Crippen molar-refractivity contribution in [2.75, 3.05) is 6.61 Å². The molecule has 0 spiro atoms. The Balaban J connectivity index is 1.32. The van der Waals surface area contributed by atoms with E-state index in [1.165, 1.54) is 43.8 Å². The topological polar surface area (TPSA) is 29.5 Å². The fraction of sp³-hybridized carbons (Fsp3) is 0.179. The first kappa shape index (κ1) is 27.8.